The summed E-state index contributed by atoms with van der Waals surface area (Å²) in [5, 5.41) is 10.2. The van der Waals surface area contributed by atoms with Gasteiger partial charge in [-0.1, -0.05) is 23.7 Å². The molecule has 0 heterocycles. The Kier molecular flexibility index (Phi) is 3.42. The molecule has 0 saturated carbocycles. The Bertz CT molecular complexity index is 420. The number of carbonyl (C=O) groups is 1. The Hall–Kier alpha value is -1.12. The van der Waals surface area contributed by atoms with Crippen molar-refractivity contribution in [1.29, 1.82) is 0 Å². The number of aldehydes is 1. The van der Waals surface area contributed by atoms with Gasteiger partial charge in [0.15, 0.2) is 0 Å². The van der Waals surface area contributed by atoms with E-state index in [1.54, 1.807) is 0 Å². The number of benzene rings is 1. The van der Waals surface area contributed by atoms with E-state index in [4.69, 9.17) is 11.6 Å². The first-order valence-corrected chi connectivity index (χ1v) is 5.69. The lowest BCUT2D eigenvalue weighted by molar-refractivity contribution is -0.105. The summed E-state index contributed by atoms with van der Waals surface area (Å²) < 4.78 is 0. The number of halogens is 1. The molecule has 1 aromatic rings. The van der Waals surface area contributed by atoms with Crippen molar-refractivity contribution in [1.82, 2.24) is 0 Å². The van der Waals surface area contributed by atoms with Crippen LogP contribution in [-0.4, -0.2) is 17.5 Å². The maximum atomic E-state index is 11.0. The first-order chi connectivity index (χ1) is 7.70. The molecule has 0 spiro atoms. The number of hydrogen-bond donors (Lipinski definition) is 1. The summed E-state index contributed by atoms with van der Waals surface area (Å²) in [5.41, 5.74) is 2.77. The molecule has 1 aliphatic rings. The molecule has 1 unspecified atom stereocenters. The van der Waals surface area contributed by atoms with Crippen molar-refractivity contribution in [2.75, 3.05) is 0 Å². The molecule has 1 N–H and O–H groups in total. The lowest BCUT2D eigenvalue weighted by atomic mass is 9.86. The van der Waals surface area contributed by atoms with Crippen LogP contribution in [0.3, 0.4) is 0 Å². The van der Waals surface area contributed by atoms with Crippen LogP contribution in [0.2, 0.25) is 5.02 Å². The fourth-order valence-electron chi connectivity index (χ4n) is 2.05. The van der Waals surface area contributed by atoms with Crippen LogP contribution in [0.25, 0.3) is 5.57 Å². The van der Waals surface area contributed by atoms with Crippen molar-refractivity contribution in [3.05, 3.63) is 40.4 Å². The summed E-state index contributed by atoms with van der Waals surface area (Å²) in [6, 6.07) is 7.46. The van der Waals surface area contributed by atoms with Crippen molar-refractivity contribution < 1.29 is 9.90 Å². The second kappa shape index (κ2) is 4.81. The van der Waals surface area contributed by atoms with Gasteiger partial charge in [-0.2, -0.15) is 0 Å². The van der Waals surface area contributed by atoms with Gasteiger partial charge in [-0.3, -0.25) is 4.79 Å². The van der Waals surface area contributed by atoms with Gasteiger partial charge in [0.1, 0.15) is 6.29 Å². The molecular formula is C13H13ClO2. The lowest BCUT2D eigenvalue weighted by Crippen LogP contribution is -2.15. The van der Waals surface area contributed by atoms with Crippen LogP contribution >= 0.6 is 11.6 Å². The Morgan fingerprint density at radius 1 is 1.31 bits per heavy atom. The first kappa shape index (κ1) is 11.4. The zero-order valence-electron chi connectivity index (χ0n) is 8.82. The molecule has 84 valence electrons. The number of hydrogen-bond acceptors (Lipinski definition) is 2. The van der Waals surface area contributed by atoms with Crippen LogP contribution in [0.15, 0.2) is 29.8 Å². The van der Waals surface area contributed by atoms with Crippen molar-refractivity contribution >= 4 is 23.5 Å². The maximum Gasteiger partial charge on any atom is 0.146 e. The van der Waals surface area contributed by atoms with Gasteiger partial charge in [0.2, 0.25) is 0 Å². The zero-order valence-corrected chi connectivity index (χ0v) is 9.57. The molecule has 0 amide bonds. The average molecular weight is 237 g/mol. The summed E-state index contributed by atoms with van der Waals surface area (Å²) in [6.45, 7) is 0. The molecule has 3 heteroatoms. The van der Waals surface area contributed by atoms with Gasteiger partial charge in [0, 0.05) is 11.4 Å². The van der Waals surface area contributed by atoms with E-state index in [1.807, 2.05) is 24.3 Å². The van der Waals surface area contributed by atoms with E-state index < -0.39 is 0 Å². The van der Waals surface area contributed by atoms with Crippen LogP contribution in [0.1, 0.15) is 24.8 Å². The third-order valence-corrected chi connectivity index (χ3v) is 3.16. The minimum absolute atomic E-state index is 0.378. The summed E-state index contributed by atoms with van der Waals surface area (Å²) in [6.07, 6.45) is 2.40. The SMILES string of the molecule is O=CC1=C(c2ccc(Cl)cc2)CCC(O)C1. The monoisotopic (exact) mass is 236 g/mol. The molecule has 0 saturated heterocycles. The number of rotatable bonds is 2. The molecule has 2 rings (SSSR count). The molecule has 0 bridgehead atoms. The normalized spacial score (nSPS) is 21.0. The minimum atomic E-state index is -0.378. The van der Waals surface area contributed by atoms with Crippen molar-refractivity contribution in [3.63, 3.8) is 0 Å². The van der Waals surface area contributed by atoms with Gasteiger partial charge in [-0.15, -0.1) is 0 Å². The molecule has 16 heavy (non-hydrogen) atoms. The highest BCUT2D eigenvalue weighted by Crippen LogP contribution is 2.31. The summed E-state index contributed by atoms with van der Waals surface area (Å²) in [4.78, 5) is 11.0. The summed E-state index contributed by atoms with van der Waals surface area (Å²) in [5.74, 6) is 0. The Balaban J connectivity index is 2.37. The number of allylic oxidation sites excluding steroid dienone is 1. The fraction of sp³-hybridized carbons (Fsp3) is 0.308. The number of carbonyl (C=O) groups excluding carboxylic acids is 1. The standard InChI is InChI=1S/C13H13ClO2/c14-11-3-1-9(2-4-11)13-6-5-12(16)7-10(13)8-15/h1-4,8,12,16H,5-7H2. The van der Waals surface area contributed by atoms with Gasteiger partial charge in [-0.05, 0) is 41.7 Å². The molecule has 0 aliphatic heterocycles. The second-order valence-corrected chi connectivity index (χ2v) is 4.46. The van der Waals surface area contributed by atoms with Crippen molar-refractivity contribution in [2.45, 2.75) is 25.4 Å². The lowest BCUT2D eigenvalue weighted by Gasteiger charge is -2.21. The zero-order chi connectivity index (χ0) is 11.5. The molecule has 2 nitrogen and oxygen atoms in total. The van der Waals surface area contributed by atoms with Gasteiger partial charge in [0.25, 0.3) is 0 Å². The van der Waals surface area contributed by atoms with Crippen molar-refractivity contribution in [3.8, 4) is 0 Å². The smallest absolute Gasteiger partial charge is 0.146 e. The Morgan fingerprint density at radius 3 is 2.62 bits per heavy atom. The average Bonchev–Trinajstić information content (AvgIpc) is 2.30. The van der Waals surface area contributed by atoms with Crippen LogP contribution < -0.4 is 0 Å². The Morgan fingerprint density at radius 2 is 2.00 bits per heavy atom. The van der Waals surface area contributed by atoms with E-state index in [9.17, 15) is 9.90 Å². The molecule has 1 aromatic carbocycles. The highest BCUT2D eigenvalue weighted by atomic mass is 35.5. The van der Waals surface area contributed by atoms with Crippen LogP contribution in [-0.2, 0) is 4.79 Å². The highest BCUT2D eigenvalue weighted by molar-refractivity contribution is 6.30. The largest absolute Gasteiger partial charge is 0.393 e. The molecule has 0 aromatic heterocycles. The van der Waals surface area contributed by atoms with Gasteiger partial charge in [-0.25, -0.2) is 0 Å². The van der Waals surface area contributed by atoms with E-state index >= 15 is 0 Å². The van der Waals surface area contributed by atoms with E-state index in [1.165, 1.54) is 0 Å². The molecule has 0 radical (unpaired) electrons. The van der Waals surface area contributed by atoms with Gasteiger partial charge in [0.05, 0.1) is 6.10 Å². The maximum absolute atomic E-state index is 11.0. The van der Waals surface area contributed by atoms with Crippen molar-refractivity contribution in [2.24, 2.45) is 0 Å². The third kappa shape index (κ3) is 2.34. The minimum Gasteiger partial charge on any atom is -0.393 e. The predicted molar refractivity (Wildman–Crippen MR) is 64.3 cm³/mol. The predicted octanol–water partition coefficient (Wildman–Crippen LogP) is 2.84. The topological polar surface area (TPSA) is 37.3 Å². The summed E-state index contributed by atoms with van der Waals surface area (Å²) >= 11 is 5.82. The fourth-order valence-corrected chi connectivity index (χ4v) is 2.18. The van der Waals surface area contributed by atoms with Crippen LogP contribution in [0.5, 0.6) is 0 Å². The third-order valence-electron chi connectivity index (χ3n) is 2.91. The highest BCUT2D eigenvalue weighted by Gasteiger charge is 2.19. The van der Waals surface area contributed by atoms with E-state index in [2.05, 4.69) is 0 Å². The van der Waals surface area contributed by atoms with E-state index in [-0.39, 0.29) is 6.10 Å². The molecular weight excluding hydrogens is 224 g/mol. The van der Waals surface area contributed by atoms with Gasteiger partial charge >= 0.3 is 0 Å². The molecule has 1 aliphatic carbocycles. The molecule has 1 atom stereocenters. The number of aliphatic hydroxyl groups excluding tert-OH is 1. The summed E-state index contributed by atoms with van der Waals surface area (Å²) in [7, 11) is 0. The van der Waals surface area contributed by atoms with Crippen LogP contribution in [0.4, 0.5) is 0 Å². The molecule has 0 fully saturated rings. The van der Waals surface area contributed by atoms with E-state index in [0.29, 0.717) is 17.0 Å². The van der Waals surface area contributed by atoms with Gasteiger partial charge < -0.3 is 5.11 Å². The van der Waals surface area contributed by atoms with E-state index in [0.717, 1.165) is 30.3 Å². The second-order valence-electron chi connectivity index (χ2n) is 4.03. The quantitative estimate of drug-likeness (QED) is 0.802. The van der Waals surface area contributed by atoms with Crippen LogP contribution in [0, 0.1) is 0 Å². The number of aliphatic hydroxyl groups is 1. The first-order valence-electron chi connectivity index (χ1n) is 5.32. The Labute approximate surface area is 99.5 Å².